The summed E-state index contributed by atoms with van der Waals surface area (Å²) in [5, 5.41) is 2.75. The van der Waals surface area contributed by atoms with Crippen LogP contribution in [0.4, 0.5) is 0 Å². The van der Waals surface area contributed by atoms with Gasteiger partial charge in [-0.2, -0.15) is 0 Å². The first-order valence-electron chi connectivity index (χ1n) is 8.95. The average molecular weight is 404 g/mol. The summed E-state index contributed by atoms with van der Waals surface area (Å²) in [4.78, 5) is 25.0. The first kappa shape index (κ1) is 21.6. The number of methoxy groups -OCH3 is 2. The highest BCUT2D eigenvalue weighted by Crippen LogP contribution is 2.27. The number of esters is 1. The Balaban J connectivity index is 1.79. The van der Waals surface area contributed by atoms with Crippen LogP contribution in [0, 0.1) is 0 Å². The maximum absolute atomic E-state index is 12.2. The predicted octanol–water partition coefficient (Wildman–Crippen LogP) is 3.33. The number of carbonyl (C=O) groups is 2. The molecule has 0 unspecified atom stereocenters. The Labute approximate surface area is 169 Å². The van der Waals surface area contributed by atoms with Crippen LogP contribution in [-0.2, 0) is 16.0 Å². The normalized spacial score (nSPS) is 10.2. The number of hydrogen-bond acceptors (Lipinski definition) is 6. The number of benzene rings is 2. The maximum atomic E-state index is 12.2. The van der Waals surface area contributed by atoms with E-state index in [1.165, 1.54) is 0 Å². The number of rotatable bonds is 10. The van der Waals surface area contributed by atoms with Crippen molar-refractivity contribution >= 4 is 23.6 Å². The second kappa shape index (κ2) is 11.2. The van der Waals surface area contributed by atoms with Crippen LogP contribution in [0.2, 0.25) is 0 Å². The third kappa shape index (κ3) is 6.20. The van der Waals surface area contributed by atoms with Gasteiger partial charge in [0.1, 0.15) is 0 Å². The van der Waals surface area contributed by atoms with Crippen molar-refractivity contribution < 1.29 is 23.8 Å². The van der Waals surface area contributed by atoms with Gasteiger partial charge in [-0.15, -0.1) is 11.8 Å². The van der Waals surface area contributed by atoms with Crippen molar-refractivity contribution in [2.24, 2.45) is 0 Å². The van der Waals surface area contributed by atoms with Gasteiger partial charge in [0.05, 0.1) is 19.8 Å². The van der Waals surface area contributed by atoms with Crippen molar-refractivity contribution in [2.75, 3.05) is 33.1 Å². The first-order chi connectivity index (χ1) is 13.6. The highest BCUT2D eigenvalue weighted by Gasteiger charge is 2.14. The van der Waals surface area contributed by atoms with Gasteiger partial charge in [-0.1, -0.05) is 25.1 Å². The molecule has 0 saturated carbocycles. The molecule has 0 aromatic heterocycles. The van der Waals surface area contributed by atoms with E-state index in [1.54, 1.807) is 38.1 Å². The smallest absolute Gasteiger partial charge is 0.339 e. The molecule has 0 aliphatic rings. The monoisotopic (exact) mass is 403 g/mol. The molecule has 0 atom stereocenters. The van der Waals surface area contributed by atoms with E-state index >= 15 is 0 Å². The quantitative estimate of drug-likeness (QED) is 0.485. The summed E-state index contributed by atoms with van der Waals surface area (Å²) in [6, 6.07) is 12.8. The van der Waals surface area contributed by atoms with E-state index < -0.39 is 5.97 Å². The van der Waals surface area contributed by atoms with Gasteiger partial charge in [0.15, 0.2) is 18.1 Å². The molecule has 0 spiro atoms. The van der Waals surface area contributed by atoms with Crippen LogP contribution >= 0.6 is 11.8 Å². The predicted molar refractivity (Wildman–Crippen MR) is 109 cm³/mol. The first-order valence-corrected chi connectivity index (χ1v) is 9.94. The molecule has 0 bridgehead atoms. The highest BCUT2D eigenvalue weighted by atomic mass is 32.2. The van der Waals surface area contributed by atoms with Gasteiger partial charge in [0.2, 0.25) is 0 Å². The zero-order chi connectivity index (χ0) is 20.4. The Bertz CT molecular complexity index is 809. The van der Waals surface area contributed by atoms with Crippen molar-refractivity contribution in [1.82, 2.24) is 5.32 Å². The largest absolute Gasteiger partial charge is 0.493 e. The van der Waals surface area contributed by atoms with Gasteiger partial charge in [-0.25, -0.2) is 4.79 Å². The molecule has 0 aliphatic carbocycles. The SMILES string of the molecule is CCSc1ccccc1C(=O)OCC(=O)NCCc1ccc(OC)c(OC)c1. The molecule has 0 saturated heterocycles. The lowest BCUT2D eigenvalue weighted by molar-refractivity contribution is -0.124. The van der Waals surface area contributed by atoms with Crippen molar-refractivity contribution in [1.29, 1.82) is 0 Å². The fourth-order valence-electron chi connectivity index (χ4n) is 2.56. The zero-order valence-electron chi connectivity index (χ0n) is 16.3. The van der Waals surface area contributed by atoms with Crippen LogP contribution < -0.4 is 14.8 Å². The molecule has 1 amide bonds. The van der Waals surface area contributed by atoms with Crippen LogP contribution in [0.3, 0.4) is 0 Å². The molecule has 2 rings (SSSR count). The van der Waals surface area contributed by atoms with Crippen LogP contribution in [-0.4, -0.2) is 45.0 Å². The molecule has 7 heteroatoms. The van der Waals surface area contributed by atoms with Crippen molar-refractivity contribution in [3.8, 4) is 11.5 Å². The maximum Gasteiger partial charge on any atom is 0.339 e. The number of nitrogens with one attached hydrogen (secondary N) is 1. The summed E-state index contributed by atoms with van der Waals surface area (Å²) in [6.45, 7) is 2.13. The van der Waals surface area contributed by atoms with E-state index in [2.05, 4.69) is 5.32 Å². The fourth-order valence-corrected chi connectivity index (χ4v) is 3.35. The van der Waals surface area contributed by atoms with Crippen molar-refractivity contribution in [3.05, 3.63) is 53.6 Å². The Morgan fingerprint density at radius 3 is 2.50 bits per heavy atom. The molecule has 2 aromatic carbocycles. The Morgan fingerprint density at radius 2 is 1.79 bits per heavy atom. The van der Waals surface area contributed by atoms with Crippen molar-refractivity contribution in [3.63, 3.8) is 0 Å². The number of hydrogen-bond donors (Lipinski definition) is 1. The third-order valence-corrected chi connectivity index (χ3v) is 4.88. The molecule has 0 heterocycles. The number of carbonyl (C=O) groups excluding carboxylic acids is 2. The van der Waals surface area contributed by atoms with E-state index in [-0.39, 0.29) is 12.5 Å². The molecular weight excluding hydrogens is 378 g/mol. The fraction of sp³-hybridized carbons (Fsp3) is 0.333. The van der Waals surface area contributed by atoms with E-state index in [9.17, 15) is 9.59 Å². The molecule has 2 aromatic rings. The number of thioether (sulfide) groups is 1. The van der Waals surface area contributed by atoms with Crippen molar-refractivity contribution in [2.45, 2.75) is 18.2 Å². The van der Waals surface area contributed by atoms with Gasteiger partial charge in [-0.05, 0) is 42.0 Å². The molecule has 150 valence electrons. The van der Waals surface area contributed by atoms with Gasteiger partial charge in [0.25, 0.3) is 5.91 Å². The Morgan fingerprint density at radius 1 is 1.04 bits per heavy atom. The summed E-state index contributed by atoms with van der Waals surface area (Å²) in [5.41, 5.74) is 1.48. The summed E-state index contributed by atoms with van der Waals surface area (Å²) in [5.74, 6) is 1.31. The lowest BCUT2D eigenvalue weighted by atomic mass is 10.1. The molecule has 0 aliphatic heterocycles. The lowest BCUT2D eigenvalue weighted by Gasteiger charge is -2.11. The average Bonchev–Trinajstić information content (AvgIpc) is 2.72. The van der Waals surface area contributed by atoms with Gasteiger partial charge < -0.3 is 19.5 Å². The standard InChI is InChI=1S/C21H25NO5S/c1-4-28-19-8-6-5-7-16(19)21(24)27-14-20(23)22-12-11-15-9-10-17(25-2)18(13-15)26-3/h5-10,13H,4,11-12,14H2,1-3H3,(H,22,23). The van der Waals surface area contributed by atoms with Crippen LogP contribution in [0.25, 0.3) is 0 Å². The molecule has 6 nitrogen and oxygen atoms in total. The second-order valence-electron chi connectivity index (χ2n) is 5.79. The minimum Gasteiger partial charge on any atom is -0.493 e. The molecule has 0 radical (unpaired) electrons. The summed E-state index contributed by atoms with van der Waals surface area (Å²) >= 11 is 1.56. The van der Waals surface area contributed by atoms with Crippen LogP contribution in [0.1, 0.15) is 22.8 Å². The minimum absolute atomic E-state index is 0.310. The Kier molecular flexibility index (Phi) is 8.68. The van der Waals surface area contributed by atoms with Gasteiger partial charge in [0, 0.05) is 11.4 Å². The lowest BCUT2D eigenvalue weighted by Crippen LogP contribution is -2.30. The molecule has 28 heavy (non-hydrogen) atoms. The van der Waals surface area contributed by atoms with Crippen LogP contribution in [0.15, 0.2) is 47.4 Å². The Hall–Kier alpha value is -2.67. The zero-order valence-corrected chi connectivity index (χ0v) is 17.1. The number of ether oxygens (including phenoxy) is 3. The molecule has 0 fully saturated rings. The summed E-state index contributed by atoms with van der Waals surface area (Å²) in [7, 11) is 3.16. The molecule has 1 N–H and O–H groups in total. The van der Waals surface area contributed by atoms with Crippen LogP contribution in [0.5, 0.6) is 11.5 Å². The molecular formula is C21H25NO5S. The third-order valence-electron chi connectivity index (χ3n) is 3.92. The summed E-state index contributed by atoms with van der Waals surface area (Å²) in [6.07, 6.45) is 0.621. The van der Waals surface area contributed by atoms with E-state index in [1.807, 2.05) is 37.3 Å². The highest BCUT2D eigenvalue weighted by molar-refractivity contribution is 7.99. The minimum atomic E-state index is -0.494. The number of amides is 1. The van der Waals surface area contributed by atoms with E-state index in [0.717, 1.165) is 16.2 Å². The summed E-state index contributed by atoms with van der Waals surface area (Å²) < 4.78 is 15.6. The van der Waals surface area contributed by atoms with Gasteiger partial charge >= 0.3 is 5.97 Å². The topological polar surface area (TPSA) is 73.9 Å². The second-order valence-corrected chi connectivity index (χ2v) is 7.10. The van der Waals surface area contributed by atoms with E-state index in [4.69, 9.17) is 14.2 Å². The van der Waals surface area contributed by atoms with E-state index in [0.29, 0.717) is 30.0 Å². The van der Waals surface area contributed by atoms with Gasteiger partial charge in [-0.3, -0.25) is 4.79 Å².